The summed E-state index contributed by atoms with van der Waals surface area (Å²) < 4.78 is 32.8. The monoisotopic (exact) mass is 387 g/mol. The number of rotatable bonds is 3. The second-order valence-electron chi connectivity index (χ2n) is 8.55. The van der Waals surface area contributed by atoms with Crippen LogP contribution in [0.2, 0.25) is 0 Å². The Morgan fingerprint density at radius 3 is 2.75 bits per heavy atom. The van der Waals surface area contributed by atoms with Crippen LogP contribution < -0.4 is 0 Å². The maximum absolute atomic E-state index is 13.6. The topological polar surface area (TPSA) is 59.2 Å². The lowest BCUT2D eigenvalue weighted by atomic mass is 9.80. The summed E-state index contributed by atoms with van der Waals surface area (Å²) in [4.78, 5) is 19.3. The predicted molar refractivity (Wildman–Crippen MR) is 97.6 cm³/mol. The molecule has 2 aliphatic carbocycles. The summed E-state index contributed by atoms with van der Waals surface area (Å²) in [6.45, 7) is 1.10. The van der Waals surface area contributed by atoms with Gasteiger partial charge in [0.2, 0.25) is 23.5 Å². The fraction of sp³-hybridized carbons (Fsp3) is 0.571. The lowest BCUT2D eigenvalue weighted by molar-refractivity contribution is -0.135. The van der Waals surface area contributed by atoms with Crippen molar-refractivity contribution in [2.75, 3.05) is 13.1 Å². The van der Waals surface area contributed by atoms with Gasteiger partial charge in [-0.3, -0.25) is 4.79 Å². The standard InChI is InChI=1S/C21H23F2N3O2/c22-21(23)10-8-15(11-21)18(27)26-12-16-7-4-9-20(16,13-26)19-24-17(25-28-19)14-5-2-1-3-6-14/h1-3,5-6,15-16H,4,7-13H2/t15?,16-,20-/m1/s1. The SMILES string of the molecule is O=C(C1CCC(F)(F)C1)N1C[C@H]2CCC[C@@]2(c2nc(-c3ccccc3)no2)C1. The molecule has 148 valence electrons. The number of likely N-dealkylation sites (tertiary alicyclic amines) is 1. The normalized spacial score (nSPS) is 31.3. The number of hydrogen-bond acceptors (Lipinski definition) is 4. The summed E-state index contributed by atoms with van der Waals surface area (Å²) in [5.41, 5.74) is 0.555. The van der Waals surface area contributed by atoms with Gasteiger partial charge in [0, 0.05) is 37.4 Å². The van der Waals surface area contributed by atoms with Gasteiger partial charge < -0.3 is 9.42 Å². The molecular weight excluding hydrogens is 364 g/mol. The van der Waals surface area contributed by atoms with Gasteiger partial charge in [-0.25, -0.2) is 8.78 Å². The van der Waals surface area contributed by atoms with E-state index >= 15 is 0 Å². The first-order chi connectivity index (χ1) is 13.5. The second-order valence-corrected chi connectivity index (χ2v) is 8.55. The number of benzene rings is 1. The van der Waals surface area contributed by atoms with Crippen LogP contribution >= 0.6 is 0 Å². The van der Waals surface area contributed by atoms with Crippen molar-refractivity contribution in [2.24, 2.45) is 11.8 Å². The van der Waals surface area contributed by atoms with Crippen LogP contribution in [0.1, 0.15) is 44.4 Å². The van der Waals surface area contributed by atoms with Crippen LogP contribution in [-0.4, -0.2) is 40.0 Å². The maximum atomic E-state index is 13.6. The highest BCUT2D eigenvalue weighted by Gasteiger charge is 2.56. The zero-order chi connectivity index (χ0) is 19.4. The number of amides is 1. The van der Waals surface area contributed by atoms with E-state index in [9.17, 15) is 13.6 Å². The third-order valence-electron chi connectivity index (χ3n) is 6.82. The van der Waals surface area contributed by atoms with Crippen LogP contribution in [0.5, 0.6) is 0 Å². The average molecular weight is 387 g/mol. The Bertz CT molecular complexity index is 885. The van der Waals surface area contributed by atoms with Crippen molar-refractivity contribution in [2.45, 2.75) is 49.9 Å². The molecule has 0 N–H and O–H groups in total. The molecule has 2 heterocycles. The Balaban J connectivity index is 1.39. The number of alkyl halides is 2. The Hall–Kier alpha value is -2.31. The van der Waals surface area contributed by atoms with E-state index in [0.29, 0.717) is 24.8 Å². The molecule has 0 radical (unpaired) electrons. The van der Waals surface area contributed by atoms with E-state index in [0.717, 1.165) is 24.8 Å². The molecule has 28 heavy (non-hydrogen) atoms. The van der Waals surface area contributed by atoms with E-state index in [-0.39, 0.29) is 36.5 Å². The Kier molecular flexibility index (Phi) is 4.03. The summed E-state index contributed by atoms with van der Waals surface area (Å²) in [7, 11) is 0. The summed E-state index contributed by atoms with van der Waals surface area (Å²) in [6, 6.07) is 9.65. The van der Waals surface area contributed by atoms with Crippen molar-refractivity contribution in [3.63, 3.8) is 0 Å². The van der Waals surface area contributed by atoms with Crippen LogP contribution in [0.25, 0.3) is 11.4 Å². The van der Waals surface area contributed by atoms with E-state index in [1.807, 2.05) is 30.3 Å². The number of aromatic nitrogens is 2. The predicted octanol–water partition coefficient (Wildman–Crippen LogP) is 4.05. The van der Waals surface area contributed by atoms with Gasteiger partial charge >= 0.3 is 0 Å². The van der Waals surface area contributed by atoms with Crippen molar-refractivity contribution in [3.8, 4) is 11.4 Å². The molecule has 3 aliphatic rings. The highest BCUT2D eigenvalue weighted by molar-refractivity contribution is 5.80. The third-order valence-corrected chi connectivity index (χ3v) is 6.82. The molecule has 1 saturated heterocycles. The van der Waals surface area contributed by atoms with Gasteiger partial charge in [-0.1, -0.05) is 41.9 Å². The summed E-state index contributed by atoms with van der Waals surface area (Å²) in [5.74, 6) is -2.01. The molecule has 3 fully saturated rings. The summed E-state index contributed by atoms with van der Waals surface area (Å²) in [5, 5.41) is 4.16. The third kappa shape index (κ3) is 2.83. The van der Waals surface area contributed by atoms with Crippen molar-refractivity contribution in [1.29, 1.82) is 0 Å². The molecule has 1 aromatic heterocycles. The maximum Gasteiger partial charge on any atom is 0.248 e. The average Bonchev–Trinajstić information content (AvgIpc) is 3.43. The van der Waals surface area contributed by atoms with Crippen LogP contribution in [0.3, 0.4) is 0 Å². The smallest absolute Gasteiger partial charge is 0.248 e. The van der Waals surface area contributed by atoms with Crippen molar-refractivity contribution in [1.82, 2.24) is 15.0 Å². The van der Waals surface area contributed by atoms with Crippen LogP contribution in [0, 0.1) is 11.8 Å². The molecule has 0 bridgehead atoms. The number of fused-ring (bicyclic) bond motifs is 1. The first-order valence-electron chi connectivity index (χ1n) is 10.0. The minimum absolute atomic E-state index is 0.131. The molecule has 2 aromatic rings. The van der Waals surface area contributed by atoms with Gasteiger partial charge in [0.25, 0.3) is 0 Å². The number of halogens is 2. The van der Waals surface area contributed by atoms with Gasteiger partial charge in [0.15, 0.2) is 0 Å². The van der Waals surface area contributed by atoms with E-state index in [1.165, 1.54) is 0 Å². The van der Waals surface area contributed by atoms with Crippen LogP contribution in [-0.2, 0) is 10.2 Å². The molecule has 1 aliphatic heterocycles. The van der Waals surface area contributed by atoms with Gasteiger partial charge in [-0.2, -0.15) is 4.98 Å². The number of carbonyl (C=O) groups is 1. The minimum atomic E-state index is -2.70. The van der Waals surface area contributed by atoms with E-state index in [4.69, 9.17) is 4.52 Å². The Morgan fingerprint density at radius 1 is 1.18 bits per heavy atom. The molecule has 0 spiro atoms. The molecule has 1 amide bonds. The van der Waals surface area contributed by atoms with Crippen molar-refractivity contribution >= 4 is 5.91 Å². The summed E-state index contributed by atoms with van der Waals surface area (Å²) >= 11 is 0. The Labute approximate surface area is 162 Å². The first kappa shape index (κ1) is 17.8. The van der Waals surface area contributed by atoms with E-state index in [2.05, 4.69) is 10.1 Å². The van der Waals surface area contributed by atoms with Crippen molar-refractivity contribution < 1.29 is 18.1 Å². The lowest BCUT2D eigenvalue weighted by Crippen LogP contribution is -2.37. The van der Waals surface area contributed by atoms with E-state index in [1.54, 1.807) is 4.90 Å². The van der Waals surface area contributed by atoms with Crippen LogP contribution in [0.15, 0.2) is 34.9 Å². The number of hydrogen-bond donors (Lipinski definition) is 0. The number of carbonyl (C=O) groups excluding carboxylic acids is 1. The molecule has 7 heteroatoms. The van der Waals surface area contributed by atoms with Gasteiger partial charge in [0.1, 0.15) is 0 Å². The highest BCUT2D eigenvalue weighted by Crippen LogP contribution is 2.51. The molecular formula is C21H23F2N3O2. The second kappa shape index (κ2) is 6.36. The van der Waals surface area contributed by atoms with Crippen LogP contribution in [0.4, 0.5) is 8.78 Å². The molecule has 1 unspecified atom stereocenters. The molecule has 1 aromatic carbocycles. The fourth-order valence-corrected chi connectivity index (χ4v) is 5.36. The van der Waals surface area contributed by atoms with Gasteiger partial charge in [-0.05, 0) is 25.2 Å². The minimum Gasteiger partial charge on any atom is -0.341 e. The quantitative estimate of drug-likeness (QED) is 0.797. The van der Waals surface area contributed by atoms with Gasteiger partial charge in [-0.15, -0.1) is 0 Å². The highest BCUT2D eigenvalue weighted by atomic mass is 19.3. The lowest BCUT2D eigenvalue weighted by Gasteiger charge is -2.25. The Morgan fingerprint density at radius 2 is 2.00 bits per heavy atom. The molecule has 3 atom stereocenters. The number of nitrogens with zero attached hydrogens (tertiary/aromatic N) is 3. The summed E-state index contributed by atoms with van der Waals surface area (Å²) in [6.07, 6.45) is 2.71. The zero-order valence-electron chi connectivity index (χ0n) is 15.6. The van der Waals surface area contributed by atoms with Crippen molar-refractivity contribution in [3.05, 3.63) is 36.2 Å². The molecule has 2 saturated carbocycles. The van der Waals surface area contributed by atoms with E-state index < -0.39 is 11.8 Å². The fourth-order valence-electron chi connectivity index (χ4n) is 5.36. The molecule has 5 rings (SSSR count). The first-order valence-corrected chi connectivity index (χ1v) is 10.0. The molecule has 5 nitrogen and oxygen atoms in total. The van der Waals surface area contributed by atoms with Gasteiger partial charge in [0.05, 0.1) is 5.41 Å². The zero-order valence-corrected chi connectivity index (χ0v) is 15.6. The largest absolute Gasteiger partial charge is 0.341 e.